The SMILES string of the molecule is C#CCOCCOCCOCCN(CCC(=O)NCP(=O)(O)O)CCC(=O)NCP(=O)(O)O. The van der Waals surface area contributed by atoms with E-state index in [4.69, 9.17) is 40.2 Å². The van der Waals surface area contributed by atoms with Gasteiger partial charge in [0.1, 0.15) is 19.2 Å². The summed E-state index contributed by atoms with van der Waals surface area (Å²) in [7, 11) is -8.73. The van der Waals surface area contributed by atoms with Gasteiger partial charge < -0.3 is 49.3 Å². The van der Waals surface area contributed by atoms with Gasteiger partial charge in [0.2, 0.25) is 11.8 Å². The van der Waals surface area contributed by atoms with Crippen LogP contribution in [0.2, 0.25) is 0 Å². The predicted molar refractivity (Wildman–Crippen MR) is 117 cm³/mol. The van der Waals surface area contributed by atoms with E-state index < -0.39 is 39.6 Å². The van der Waals surface area contributed by atoms with Crippen LogP contribution in [0.15, 0.2) is 0 Å². The molecule has 0 atom stereocenters. The minimum Gasteiger partial charge on any atom is -0.378 e. The summed E-state index contributed by atoms with van der Waals surface area (Å²) in [5.74, 6) is 1.19. The molecule has 0 aliphatic carbocycles. The normalized spacial score (nSPS) is 11.9. The van der Waals surface area contributed by atoms with E-state index in [1.807, 2.05) is 0 Å². The quantitative estimate of drug-likeness (QED) is 0.0605. The van der Waals surface area contributed by atoms with Crippen molar-refractivity contribution in [2.75, 3.05) is 71.8 Å². The van der Waals surface area contributed by atoms with Crippen molar-refractivity contribution in [3.8, 4) is 12.3 Å². The Kier molecular flexibility index (Phi) is 17.3. The molecule has 0 aliphatic rings. The third-order valence-electron chi connectivity index (χ3n) is 3.76. The molecule has 0 spiro atoms. The minimum absolute atomic E-state index is 0.0785. The molecule has 0 radical (unpaired) electrons. The molecule has 0 aromatic heterocycles. The summed E-state index contributed by atoms with van der Waals surface area (Å²) in [5.41, 5.74) is 0. The fourth-order valence-corrected chi connectivity index (χ4v) is 2.94. The van der Waals surface area contributed by atoms with Gasteiger partial charge in [0.25, 0.3) is 0 Å². The maximum atomic E-state index is 11.8. The number of carbonyl (C=O) groups is 2. The van der Waals surface area contributed by atoms with Gasteiger partial charge in [-0.1, -0.05) is 5.92 Å². The Balaban J connectivity index is 4.32. The Labute approximate surface area is 192 Å². The summed E-state index contributed by atoms with van der Waals surface area (Å²) in [6, 6.07) is 0. The van der Waals surface area contributed by atoms with Crippen LogP contribution in [-0.2, 0) is 32.9 Å². The van der Waals surface area contributed by atoms with Crippen molar-refractivity contribution in [3.63, 3.8) is 0 Å². The number of nitrogens with one attached hydrogen (secondary N) is 2. The molecule has 2 amide bonds. The summed E-state index contributed by atoms with van der Waals surface area (Å²) in [4.78, 5) is 60.5. The fourth-order valence-electron chi connectivity index (χ4n) is 2.18. The van der Waals surface area contributed by atoms with E-state index in [1.165, 1.54) is 0 Å². The number of hydrogen-bond donors (Lipinski definition) is 6. The second-order valence-electron chi connectivity index (χ2n) is 6.67. The molecule has 0 bridgehead atoms. The predicted octanol–water partition coefficient (Wildman–Crippen LogP) is -1.75. The largest absolute Gasteiger partial charge is 0.378 e. The van der Waals surface area contributed by atoms with E-state index in [-0.39, 0.29) is 39.1 Å². The van der Waals surface area contributed by atoms with Crippen molar-refractivity contribution in [2.45, 2.75) is 12.8 Å². The topological polar surface area (TPSA) is 204 Å². The van der Waals surface area contributed by atoms with Gasteiger partial charge in [-0.15, -0.1) is 6.42 Å². The van der Waals surface area contributed by atoms with E-state index in [1.54, 1.807) is 4.90 Å². The van der Waals surface area contributed by atoms with Crippen LogP contribution in [0.25, 0.3) is 0 Å². The van der Waals surface area contributed by atoms with Gasteiger partial charge in [-0.2, -0.15) is 0 Å². The molecule has 0 saturated heterocycles. The molecule has 0 rings (SSSR count). The number of amides is 2. The van der Waals surface area contributed by atoms with E-state index in [0.717, 1.165) is 0 Å². The molecule has 0 heterocycles. The molecule has 0 fully saturated rings. The number of ether oxygens (including phenoxy) is 3. The van der Waals surface area contributed by atoms with Crippen LogP contribution in [0, 0.1) is 12.3 Å². The van der Waals surface area contributed by atoms with Gasteiger partial charge in [0, 0.05) is 32.5 Å². The first-order valence-electron chi connectivity index (χ1n) is 9.94. The maximum absolute atomic E-state index is 11.8. The van der Waals surface area contributed by atoms with Crippen molar-refractivity contribution >= 4 is 27.0 Å². The van der Waals surface area contributed by atoms with Gasteiger partial charge in [-0.25, -0.2) is 0 Å². The Bertz CT molecular complexity index is 663. The van der Waals surface area contributed by atoms with Crippen LogP contribution >= 0.6 is 15.2 Å². The second kappa shape index (κ2) is 18.0. The first kappa shape index (κ1) is 31.6. The molecular weight excluding hydrogens is 484 g/mol. The lowest BCUT2D eigenvalue weighted by Crippen LogP contribution is -2.36. The summed E-state index contributed by atoms with van der Waals surface area (Å²) in [6.07, 6.45) is 3.34. The number of nitrogens with zero attached hydrogens (tertiary/aromatic N) is 1. The Morgan fingerprint density at radius 3 is 1.61 bits per heavy atom. The summed E-state index contributed by atoms with van der Waals surface area (Å²) >= 11 is 0. The third kappa shape index (κ3) is 23.6. The highest BCUT2D eigenvalue weighted by Gasteiger charge is 2.17. The van der Waals surface area contributed by atoms with Crippen molar-refractivity contribution in [1.82, 2.24) is 15.5 Å². The lowest BCUT2D eigenvalue weighted by atomic mass is 10.3. The van der Waals surface area contributed by atoms with Crippen LogP contribution in [0.1, 0.15) is 12.8 Å². The third-order valence-corrected chi connectivity index (χ3v) is 4.90. The smallest absolute Gasteiger partial charge is 0.344 e. The maximum Gasteiger partial charge on any atom is 0.344 e. The van der Waals surface area contributed by atoms with Crippen LogP contribution in [0.5, 0.6) is 0 Å². The molecule has 0 aliphatic heterocycles. The van der Waals surface area contributed by atoms with Gasteiger partial charge >= 0.3 is 15.2 Å². The van der Waals surface area contributed by atoms with Gasteiger partial charge in [-0.05, 0) is 0 Å². The molecule has 0 unspecified atom stereocenters. The first-order chi connectivity index (χ1) is 15.4. The summed E-state index contributed by atoms with van der Waals surface area (Å²) in [5, 5.41) is 4.25. The highest BCUT2D eigenvalue weighted by atomic mass is 31.2. The molecule has 6 N–H and O–H groups in total. The van der Waals surface area contributed by atoms with Crippen molar-refractivity contribution in [1.29, 1.82) is 0 Å². The zero-order chi connectivity index (χ0) is 25.2. The minimum atomic E-state index is -4.36. The molecular formula is C17H33N3O11P2. The van der Waals surface area contributed by atoms with Gasteiger partial charge in [0.15, 0.2) is 0 Å². The van der Waals surface area contributed by atoms with Gasteiger partial charge in [-0.3, -0.25) is 18.7 Å². The summed E-state index contributed by atoms with van der Waals surface area (Å²) < 4.78 is 37.4. The Morgan fingerprint density at radius 2 is 1.18 bits per heavy atom. The van der Waals surface area contributed by atoms with E-state index in [0.29, 0.717) is 33.0 Å². The van der Waals surface area contributed by atoms with Crippen molar-refractivity contribution < 1.29 is 52.5 Å². The number of carbonyl (C=O) groups excluding carboxylic acids is 2. The molecule has 0 aromatic carbocycles. The zero-order valence-corrected chi connectivity index (χ0v) is 20.0. The van der Waals surface area contributed by atoms with Crippen LogP contribution in [0.4, 0.5) is 0 Å². The highest BCUT2D eigenvalue weighted by molar-refractivity contribution is 7.51. The second-order valence-corrected chi connectivity index (χ2v) is 9.96. The highest BCUT2D eigenvalue weighted by Crippen LogP contribution is 2.32. The lowest BCUT2D eigenvalue weighted by Gasteiger charge is -2.22. The fraction of sp³-hybridized carbons (Fsp3) is 0.765. The van der Waals surface area contributed by atoms with Crippen LogP contribution in [-0.4, -0.2) is 108 Å². The van der Waals surface area contributed by atoms with Crippen LogP contribution < -0.4 is 10.6 Å². The van der Waals surface area contributed by atoms with E-state index in [9.17, 15) is 18.7 Å². The average Bonchev–Trinajstić information content (AvgIpc) is 2.72. The number of rotatable bonds is 20. The Morgan fingerprint density at radius 1 is 0.758 bits per heavy atom. The molecule has 14 nitrogen and oxygen atoms in total. The van der Waals surface area contributed by atoms with E-state index in [2.05, 4.69) is 16.6 Å². The summed E-state index contributed by atoms with van der Waals surface area (Å²) in [6.45, 7) is 2.51. The van der Waals surface area contributed by atoms with Crippen molar-refractivity contribution in [3.05, 3.63) is 0 Å². The molecule has 0 aromatic rings. The van der Waals surface area contributed by atoms with Gasteiger partial charge in [0.05, 0.1) is 33.0 Å². The van der Waals surface area contributed by atoms with Crippen LogP contribution in [0.3, 0.4) is 0 Å². The Hall–Kier alpha value is -1.36. The van der Waals surface area contributed by atoms with E-state index >= 15 is 0 Å². The molecule has 16 heteroatoms. The standard InChI is InChI=1S/C17H33N3O11P2/c1-2-8-29-10-12-31-13-11-30-9-7-20(5-3-16(21)18-14-32(23,24)25)6-4-17(22)19-15-33(26,27)28/h1H,3-15H2,(H,18,21)(H,19,22)(H2,23,24,25)(H2,26,27,28). The number of hydrogen-bond acceptors (Lipinski definition) is 8. The number of terminal acetylenes is 1. The lowest BCUT2D eigenvalue weighted by molar-refractivity contribution is -0.121. The molecule has 192 valence electrons. The first-order valence-corrected chi connectivity index (χ1v) is 13.5. The molecule has 33 heavy (non-hydrogen) atoms. The monoisotopic (exact) mass is 517 g/mol. The zero-order valence-electron chi connectivity index (χ0n) is 18.3. The molecule has 0 saturated carbocycles. The average molecular weight is 517 g/mol. The van der Waals surface area contributed by atoms with Crippen molar-refractivity contribution in [2.24, 2.45) is 0 Å².